The van der Waals surface area contributed by atoms with Crippen LogP contribution in [0.2, 0.25) is 0 Å². The van der Waals surface area contributed by atoms with Crippen molar-refractivity contribution in [2.75, 3.05) is 25.1 Å². The van der Waals surface area contributed by atoms with Crippen LogP contribution in [-0.2, 0) is 14.6 Å². The highest BCUT2D eigenvalue weighted by atomic mass is 32.2. The summed E-state index contributed by atoms with van der Waals surface area (Å²) in [5.74, 6) is 0.148. The van der Waals surface area contributed by atoms with E-state index < -0.39 is 14.6 Å². The lowest BCUT2D eigenvalue weighted by atomic mass is 10.2. The molecular weight excluding hydrogens is 280 g/mol. The van der Waals surface area contributed by atoms with E-state index >= 15 is 0 Å². The fraction of sp³-hybridized carbons (Fsp3) is 0.462. The third kappa shape index (κ3) is 4.73. The van der Waals surface area contributed by atoms with Gasteiger partial charge in [-0.3, -0.25) is 4.79 Å². The van der Waals surface area contributed by atoms with Gasteiger partial charge in [0, 0.05) is 18.5 Å². The van der Waals surface area contributed by atoms with Crippen LogP contribution in [0.15, 0.2) is 24.3 Å². The van der Waals surface area contributed by atoms with Gasteiger partial charge in [-0.1, -0.05) is 0 Å². The predicted molar refractivity (Wildman–Crippen MR) is 78.3 cm³/mol. The van der Waals surface area contributed by atoms with E-state index in [-0.39, 0.29) is 19.1 Å². The van der Waals surface area contributed by atoms with Gasteiger partial charge in [0.1, 0.15) is 5.75 Å². The number of carbonyl (C=O) groups excluding carboxylic acids is 1. The van der Waals surface area contributed by atoms with Gasteiger partial charge in [-0.25, -0.2) is 8.42 Å². The average molecular weight is 300 g/mol. The molecule has 1 aromatic rings. The van der Waals surface area contributed by atoms with E-state index in [4.69, 9.17) is 10.5 Å². The van der Waals surface area contributed by atoms with Gasteiger partial charge in [-0.2, -0.15) is 0 Å². The Morgan fingerprint density at radius 3 is 2.35 bits per heavy atom. The molecular formula is C13H20N2O4S. The summed E-state index contributed by atoms with van der Waals surface area (Å²) in [6.45, 7) is 2.98. The van der Waals surface area contributed by atoms with Gasteiger partial charge >= 0.3 is 0 Å². The Bertz CT molecular complexity index is 565. The van der Waals surface area contributed by atoms with Crippen LogP contribution in [0.4, 0.5) is 5.69 Å². The fourth-order valence-corrected chi connectivity index (χ4v) is 1.54. The third-order valence-electron chi connectivity index (χ3n) is 2.97. The predicted octanol–water partition coefficient (Wildman–Crippen LogP) is 0.587. The van der Waals surface area contributed by atoms with E-state index in [1.54, 1.807) is 38.1 Å². The van der Waals surface area contributed by atoms with Crippen LogP contribution in [0.3, 0.4) is 0 Å². The molecule has 0 aromatic heterocycles. The minimum absolute atomic E-state index is 0.0375. The molecule has 0 aliphatic carbocycles. The van der Waals surface area contributed by atoms with Gasteiger partial charge in [0.05, 0.1) is 4.75 Å². The molecule has 0 bridgehead atoms. The molecule has 1 aromatic carbocycles. The Morgan fingerprint density at radius 1 is 1.30 bits per heavy atom. The Labute approximate surface area is 119 Å². The molecule has 7 heteroatoms. The first-order valence-corrected chi connectivity index (χ1v) is 7.95. The summed E-state index contributed by atoms with van der Waals surface area (Å²) in [7, 11) is -3.24. The molecule has 20 heavy (non-hydrogen) atoms. The van der Waals surface area contributed by atoms with Gasteiger partial charge in [0.25, 0.3) is 5.91 Å². The summed E-state index contributed by atoms with van der Waals surface area (Å²) in [6, 6.07) is 6.64. The smallest absolute Gasteiger partial charge is 0.257 e. The number of amides is 1. The van der Waals surface area contributed by atoms with Crippen LogP contribution >= 0.6 is 0 Å². The minimum atomic E-state index is -3.24. The summed E-state index contributed by atoms with van der Waals surface area (Å²) in [5, 5.41) is 2.54. The van der Waals surface area contributed by atoms with Crippen molar-refractivity contribution in [2.45, 2.75) is 18.6 Å². The van der Waals surface area contributed by atoms with Crippen LogP contribution in [0.1, 0.15) is 13.8 Å². The maximum absolute atomic E-state index is 11.6. The van der Waals surface area contributed by atoms with E-state index in [9.17, 15) is 13.2 Å². The zero-order valence-electron chi connectivity index (χ0n) is 11.8. The second-order valence-corrected chi connectivity index (χ2v) is 7.82. The normalized spacial score (nSPS) is 11.9. The molecule has 0 radical (unpaired) electrons. The second kappa shape index (κ2) is 6.13. The van der Waals surface area contributed by atoms with Crippen LogP contribution < -0.4 is 15.8 Å². The first kappa shape index (κ1) is 16.3. The van der Waals surface area contributed by atoms with Gasteiger partial charge in [0.2, 0.25) is 0 Å². The van der Waals surface area contributed by atoms with Crippen molar-refractivity contribution in [3.05, 3.63) is 24.3 Å². The molecule has 0 saturated carbocycles. The number of hydrogen-bond acceptors (Lipinski definition) is 5. The van der Waals surface area contributed by atoms with Gasteiger partial charge < -0.3 is 15.8 Å². The lowest BCUT2D eigenvalue weighted by molar-refractivity contribution is -0.123. The second-order valence-electron chi connectivity index (χ2n) is 5.17. The number of hydrogen-bond donors (Lipinski definition) is 2. The zero-order chi connectivity index (χ0) is 15.4. The van der Waals surface area contributed by atoms with E-state index in [1.807, 2.05) is 0 Å². The number of nitrogens with one attached hydrogen (secondary N) is 1. The van der Waals surface area contributed by atoms with Crippen molar-refractivity contribution in [2.24, 2.45) is 0 Å². The SMILES string of the molecule is CC(C)(CNC(=O)COc1ccc(N)cc1)S(C)(=O)=O. The Balaban J connectivity index is 2.43. The maximum Gasteiger partial charge on any atom is 0.257 e. The fourth-order valence-electron chi connectivity index (χ4n) is 1.21. The monoisotopic (exact) mass is 300 g/mol. The number of nitrogen functional groups attached to an aromatic ring is 1. The number of nitrogens with two attached hydrogens (primary N) is 1. The van der Waals surface area contributed by atoms with E-state index in [0.29, 0.717) is 11.4 Å². The summed E-state index contributed by atoms with van der Waals surface area (Å²) in [6.07, 6.45) is 1.14. The van der Waals surface area contributed by atoms with Gasteiger partial charge in [-0.15, -0.1) is 0 Å². The molecule has 1 rings (SSSR count). The van der Waals surface area contributed by atoms with E-state index in [2.05, 4.69) is 5.32 Å². The van der Waals surface area contributed by atoms with Crippen molar-refractivity contribution in [1.29, 1.82) is 0 Å². The highest BCUT2D eigenvalue weighted by molar-refractivity contribution is 7.92. The molecule has 6 nitrogen and oxygen atoms in total. The molecule has 0 heterocycles. The molecule has 0 aliphatic rings. The lowest BCUT2D eigenvalue weighted by Gasteiger charge is -2.22. The molecule has 0 unspecified atom stereocenters. The maximum atomic E-state index is 11.6. The standard InChI is InChI=1S/C13H20N2O4S/c1-13(2,20(3,17)18)9-15-12(16)8-19-11-6-4-10(14)5-7-11/h4-7H,8-9,14H2,1-3H3,(H,15,16). The average Bonchev–Trinajstić information content (AvgIpc) is 2.34. The molecule has 112 valence electrons. The number of benzene rings is 1. The lowest BCUT2D eigenvalue weighted by Crippen LogP contribution is -2.45. The largest absolute Gasteiger partial charge is 0.484 e. The number of ether oxygens (including phenoxy) is 1. The number of carbonyl (C=O) groups is 1. The van der Waals surface area contributed by atoms with Crippen molar-refractivity contribution < 1.29 is 17.9 Å². The van der Waals surface area contributed by atoms with Crippen molar-refractivity contribution in [1.82, 2.24) is 5.32 Å². The molecule has 0 saturated heterocycles. The van der Waals surface area contributed by atoms with Crippen LogP contribution in [-0.4, -0.2) is 38.5 Å². The first-order chi connectivity index (χ1) is 9.12. The zero-order valence-corrected chi connectivity index (χ0v) is 12.7. The Hall–Kier alpha value is -1.76. The Kier molecular flexibility index (Phi) is 4.99. The summed E-state index contributed by atoms with van der Waals surface area (Å²) in [4.78, 5) is 11.6. The van der Waals surface area contributed by atoms with Crippen LogP contribution in [0, 0.1) is 0 Å². The molecule has 0 fully saturated rings. The van der Waals surface area contributed by atoms with Gasteiger partial charge in [-0.05, 0) is 38.1 Å². The van der Waals surface area contributed by atoms with Crippen LogP contribution in [0.25, 0.3) is 0 Å². The van der Waals surface area contributed by atoms with Crippen molar-refractivity contribution in [3.63, 3.8) is 0 Å². The van der Waals surface area contributed by atoms with E-state index in [0.717, 1.165) is 6.26 Å². The van der Waals surface area contributed by atoms with Crippen LogP contribution in [0.5, 0.6) is 5.75 Å². The first-order valence-electron chi connectivity index (χ1n) is 6.06. The van der Waals surface area contributed by atoms with E-state index in [1.165, 1.54) is 0 Å². The quantitative estimate of drug-likeness (QED) is 0.749. The third-order valence-corrected chi connectivity index (χ3v) is 5.12. The number of rotatable bonds is 6. The summed E-state index contributed by atoms with van der Waals surface area (Å²) >= 11 is 0. The Morgan fingerprint density at radius 2 is 1.85 bits per heavy atom. The number of sulfone groups is 1. The topological polar surface area (TPSA) is 98.5 Å². The molecule has 0 spiro atoms. The van der Waals surface area contributed by atoms with Crippen molar-refractivity contribution in [3.8, 4) is 5.75 Å². The number of anilines is 1. The highest BCUT2D eigenvalue weighted by Gasteiger charge is 2.30. The minimum Gasteiger partial charge on any atom is -0.484 e. The molecule has 0 aliphatic heterocycles. The molecule has 3 N–H and O–H groups in total. The molecule has 1 amide bonds. The van der Waals surface area contributed by atoms with Gasteiger partial charge in [0.15, 0.2) is 16.4 Å². The molecule has 0 atom stereocenters. The van der Waals surface area contributed by atoms with Crippen molar-refractivity contribution >= 4 is 21.4 Å². The highest BCUT2D eigenvalue weighted by Crippen LogP contribution is 2.14. The summed E-state index contributed by atoms with van der Waals surface area (Å²) in [5.41, 5.74) is 6.14. The summed E-state index contributed by atoms with van der Waals surface area (Å²) < 4.78 is 27.2.